The van der Waals surface area contributed by atoms with Crippen molar-refractivity contribution in [1.29, 1.82) is 0 Å². The zero-order valence-corrected chi connectivity index (χ0v) is 20.7. The monoisotopic (exact) mass is 446 g/mol. The first-order valence-corrected chi connectivity index (χ1v) is 13.5. The Balaban J connectivity index is 1.55. The van der Waals surface area contributed by atoms with E-state index in [0.29, 0.717) is 11.3 Å². The quantitative estimate of drug-likeness (QED) is 0.493. The lowest BCUT2D eigenvalue weighted by atomic mass is 9.91. The van der Waals surface area contributed by atoms with Crippen LogP contribution < -0.4 is 10.6 Å². The van der Waals surface area contributed by atoms with Crippen molar-refractivity contribution < 1.29 is 4.21 Å². The van der Waals surface area contributed by atoms with Crippen molar-refractivity contribution in [3.05, 3.63) is 35.4 Å². The van der Waals surface area contributed by atoms with Crippen LogP contribution in [0.15, 0.2) is 29.3 Å². The molecule has 1 aromatic rings. The summed E-state index contributed by atoms with van der Waals surface area (Å²) >= 11 is 0. The molecule has 1 aliphatic carbocycles. The topological polar surface area (TPSA) is 56.7 Å². The maximum atomic E-state index is 12.3. The average molecular weight is 447 g/mol. The third-order valence-electron chi connectivity index (χ3n) is 6.75. The van der Waals surface area contributed by atoms with E-state index in [1.54, 1.807) is 0 Å². The first-order chi connectivity index (χ1) is 15.0. The van der Waals surface area contributed by atoms with Crippen LogP contribution in [-0.4, -0.2) is 52.3 Å². The molecule has 2 aliphatic rings. The van der Waals surface area contributed by atoms with Gasteiger partial charge in [-0.05, 0) is 48.6 Å². The molecule has 2 N–H and O–H groups in total. The highest BCUT2D eigenvalue weighted by Crippen LogP contribution is 2.24. The standard InChI is InChI=1S/C25H42N4OS/c1-5-31(30)24-12-8-11-23(14-24)28-25(26-4)27-15-21-9-6-7-10-22(21)18-29-16-19(2)13-20(3)17-29/h6-7,9-10,19-20,23-24H,5,8,11-18H2,1-4H3,(H2,26,27,28). The van der Waals surface area contributed by atoms with Gasteiger partial charge in [-0.3, -0.25) is 14.1 Å². The molecule has 0 spiro atoms. The highest BCUT2D eigenvalue weighted by Gasteiger charge is 2.26. The fourth-order valence-corrected chi connectivity index (χ4v) is 6.71. The molecular weight excluding hydrogens is 404 g/mol. The van der Waals surface area contributed by atoms with Gasteiger partial charge in [-0.1, -0.05) is 51.5 Å². The number of rotatable bonds is 7. The van der Waals surface area contributed by atoms with Crippen LogP contribution in [0.4, 0.5) is 0 Å². The number of likely N-dealkylation sites (tertiary alicyclic amines) is 1. The number of guanidine groups is 1. The fraction of sp³-hybridized carbons (Fsp3) is 0.720. The Bertz CT molecular complexity index is 743. The third kappa shape index (κ3) is 7.31. The van der Waals surface area contributed by atoms with Gasteiger partial charge in [0.05, 0.1) is 0 Å². The fourth-order valence-electron chi connectivity index (χ4n) is 5.36. The van der Waals surface area contributed by atoms with E-state index >= 15 is 0 Å². The zero-order chi connectivity index (χ0) is 22.2. The molecule has 0 aromatic heterocycles. The van der Waals surface area contributed by atoms with Crippen molar-refractivity contribution in [3.63, 3.8) is 0 Å². The van der Waals surface area contributed by atoms with Gasteiger partial charge in [-0.2, -0.15) is 0 Å². The van der Waals surface area contributed by atoms with Crippen LogP contribution in [0.1, 0.15) is 64.0 Å². The van der Waals surface area contributed by atoms with E-state index in [0.717, 1.165) is 62.3 Å². The summed E-state index contributed by atoms with van der Waals surface area (Å²) in [5, 5.41) is 7.45. The molecule has 1 aliphatic heterocycles. The van der Waals surface area contributed by atoms with Crippen molar-refractivity contribution in [2.24, 2.45) is 16.8 Å². The second-order valence-corrected chi connectivity index (χ2v) is 11.6. The van der Waals surface area contributed by atoms with E-state index in [1.165, 1.54) is 30.6 Å². The summed E-state index contributed by atoms with van der Waals surface area (Å²) in [4.78, 5) is 7.07. The molecule has 174 valence electrons. The number of piperidine rings is 1. The number of benzene rings is 1. The van der Waals surface area contributed by atoms with Crippen LogP contribution in [0.2, 0.25) is 0 Å². The van der Waals surface area contributed by atoms with E-state index < -0.39 is 10.8 Å². The van der Waals surface area contributed by atoms with Crippen LogP contribution in [-0.2, 0) is 23.9 Å². The Labute approximate surface area is 191 Å². The van der Waals surface area contributed by atoms with Gasteiger partial charge in [-0.15, -0.1) is 0 Å². The number of nitrogens with zero attached hydrogens (tertiary/aromatic N) is 2. The van der Waals surface area contributed by atoms with E-state index in [-0.39, 0.29) is 0 Å². The smallest absolute Gasteiger partial charge is 0.191 e. The maximum Gasteiger partial charge on any atom is 0.191 e. The Hall–Kier alpha value is -1.40. The van der Waals surface area contributed by atoms with E-state index in [2.05, 4.69) is 58.6 Å². The van der Waals surface area contributed by atoms with Gasteiger partial charge >= 0.3 is 0 Å². The van der Waals surface area contributed by atoms with Crippen LogP contribution >= 0.6 is 0 Å². The molecule has 0 amide bonds. The normalized spacial score (nSPS) is 28.8. The third-order valence-corrected chi connectivity index (χ3v) is 8.49. The Morgan fingerprint density at radius 1 is 1.13 bits per heavy atom. The lowest BCUT2D eigenvalue weighted by molar-refractivity contribution is 0.134. The predicted molar refractivity (Wildman–Crippen MR) is 133 cm³/mol. The molecule has 5 unspecified atom stereocenters. The van der Waals surface area contributed by atoms with Gasteiger partial charge in [0.2, 0.25) is 0 Å². The molecule has 1 heterocycles. The first kappa shape index (κ1) is 24.2. The number of hydrogen-bond donors (Lipinski definition) is 2. The lowest BCUT2D eigenvalue weighted by Gasteiger charge is -2.35. The molecule has 1 saturated carbocycles. The summed E-state index contributed by atoms with van der Waals surface area (Å²) in [7, 11) is 1.13. The average Bonchev–Trinajstić information content (AvgIpc) is 2.76. The Morgan fingerprint density at radius 2 is 1.84 bits per heavy atom. The number of aliphatic imine (C=N–C) groups is 1. The van der Waals surface area contributed by atoms with E-state index in [9.17, 15) is 4.21 Å². The van der Waals surface area contributed by atoms with Crippen molar-refractivity contribution >= 4 is 16.8 Å². The van der Waals surface area contributed by atoms with Crippen LogP contribution in [0.25, 0.3) is 0 Å². The molecule has 5 atom stereocenters. The molecule has 31 heavy (non-hydrogen) atoms. The SMILES string of the molecule is CCS(=O)C1CCCC(NC(=NC)NCc2ccccc2CN2CC(C)CC(C)C2)C1. The molecule has 6 heteroatoms. The molecule has 2 fully saturated rings. The largest absolute Gasteiger partial charge is 0.354 e. The van der Waals surface area contributed by atoms with Gasteiger partial charge in [0, 0.05) is 61.1 Å². The molecule has 3 rings (SSSR count). The summed E-state index contributed by atoms with van der Waals surface area (Å²) in [5.74, 6) is 3.16. The summed E-state index contributed by atoms with van der Waals surface area (Å²) in [6.07, 6.45) is 5.67. The maximum absolute atomic E-state index is 12.3. The van der Waals surface area contributed by atoms with Crippen molar-refractivity contribution in [2.45, 2.75) is 77.3 Å². The minimum absolute atomic E-state index is 0.324. The highest BCUT2D eigenvalue weighted by atomic mass is 32.2. The molecule has 1 aromatic carbocycles. The minimum Gasteiger partial charge on any atom is -0.354 e. The van der Waals surface area contributed by atoms with Gasteiger partial charge < -0.3 is 10.6 Å². The summed E-state index contributed by atoms with van der Waals surface area (Å²) in [6, 6.07) is 9.13. The number of nitrogens with one attached hydrogen (secondary N) is 2. The summed E-state index contributed by atoms with van der Waals surface area (Å²) in [5.41, 5.74) is 2.74. The summed E-state index contributed by atoms with van der Waals surface area (Å²) in [6.45, 7) is 10.9. The molecule has 0 radical (unpaired) electrons. The second-order valence-electron chi connectivity index (χ2n) is 9.63. The van der Waals surface area contributed by atoms with Gasteiger partial charge in [-0.25, -0.2) is 0 Å². The van der Waals surface area contributed by atoms with E-state index in [1.807, 2.05) is 14.0 Å². The second kappa shape index (κ2) is 12.0. The molecule has 5 nitrogen and oxygen atoms in total. The highest BCUT2D eigenvalue weighted by molar-refractivity contribution is 7.85. The molecular formula is C25H42N4OS. The zero-order valence-electron chi connectivity index (χ0n) is 19.9. The van der Waals surface area contributed by atoms with Gasteiger partial charge in [0.15, 0.2) is 5.96 Å². The summed E-state index contributed by atoms with van der Waals surface area (Å²) < 4.78 is 12.3. The minimum atomic E-state index is -0.702. The van der Waals surface area contributed by atoms with Crippen LogP contribution in [0.5, 0.6) is 0 Å². The van der Waals surface area contributed by atoms with Crippen LogP contribution in [0, 0.1) is 11.8 Å². The Kier molecular flexibility index (Phi) is 9.39. The Morgan fingerprint density at radius 3 is 2.52 bits per heavy atom. The predicted octanol–water partition coefficient (Wildman–Crippen LogP) is 3.91. The van der Waals surface area contributed by atoms with Crippen molar-refractivity contribution in [1.82, 2.24) is 15.5 Å². The van der Waals surface area contributed by atoms with E-state index in [4.69, 9.17) is 0 Å². The van der Waals surface area contributed by atoms with Crippen molar-refractivity contribution in [3.8, 4) is 0 Å². The lowest BCUT2D eigenvalue weighted by Crippen LogP contribution is -2.46. The number of hydrogen-bond acceptors (Lipinski definition) is 3. The molecule has 0 bridgehead atoms. The first-order valence-electron chi connectivity index (χ1n) is 12.1. The van der Waals surface area contributed by atoms with Gasteiger partial charge in [0.1, 0.15) is 0 Å². The molecule has 1 saturated heterocycles. The van der Waals surface area contributed by atoms with Gasteiger partial charge in [0.25, 0.3) is 0 Å². The van der Waals surface area contributed by atoms with Crippen molar-refractivity contribution in [2.75, 3.05) is 25.9 Å². The van der Waals surface area contributed by atoms with Crippen LogP contribution in [0.3, 0.4) is 0 Å².